The van der Waals surface area contributed by atoms with Gasteiger partial charge in [-0.25, -0.2) is 4.57 Å². The molecular weight excluding hydrogens is 446 g/mol. The van der Waals surface area contributed by atoms with E-state index in [4.69, 9.17) is 18.3 Å². The standard InChI is InChI=1S/C27H56BO5P/c1-5-8-11-14-15-18-21-31-34(29,30-4)32-23-26-25(22-27(28)33-26)24(19-16-12-9-6-2)20-17-13-10-7-3/h24-27H,5-23,28H2,1-4H3/t25-,26?,27+,34?/m0/s1. The van der Waals surface area contributed by atoms with Crippen LogP contribution < -0.4 is 0 Å². The van der Waals surface area contributed by atoms with Crippen LogP contribution in [-0.2, 0) is 22.9 Å². The van der Waals surface area contributed by atoms with E-state index in [1.807, 2.05) is 0 Å². The number of rotatable bonds is 23. The second kappa shape index (κ2) is 20.2. The first-order chi connectivity index (χ1) is 16.5. The largest absolute Gasteiger partial charge is 0.474 e. The number of phosphoric ester groups is 1. The second-order valence-electron chi connectivity index (χ2n) is 10.4. The van der Waals surface area contributed by atoms with Crippen LogP contribution in [0, 0.1) is 11.8 Å². The molecule has 1 fully saturated rings. The van der Waals surface area contributed by atoms with Crippen molar-refractivity contribution in [3.05, 3.63) is 0 Å². The predicted molar refractivity (Wildman–Crippen MR) is 146 cm³/mol. The van der Waals surface area contributed by atoms with Gasteiger partial charge in [0.2, 0.25) is 0 Å². The van der Waals surface area contributed by atoms with Crippen molar-refractivity contribution in [1.82, 2.24) is 0 Å². The topological polar surface area (TPSA) is 54.0 Å². The lowest BCUT2D eigenvalue weighted by Gasteiger charge is -2.28. The van der Waals surface area contributed by atoms with Crippen LogP contribution in [0.2, 0.25) is 0 Å². The Hall–Kier alpha value is 0.135. The molecular formula is C27H56BO5P. The normalized spacial score (nSPS) is 22.4. The highest BCUT2D eigenvalue weighted by Crippen LogP contribution is 2.50. The maximum Gasteiger partial charge on any atom is 0.474 e. The summed E-state index contributed by atoms with van der Waals surface area (Å²) in [6.45, 7) is 7.46. The summed E-state index contributed by atoms with van der Waals surface area (Å²) in [6.07, 6.45) is 20.9. The fraction of sp³-hybridized carbons (Fsp3) is 1.00. The lowest BCUT2D eigenvalue weighted by molar-refractivity contribution is 0.00629. The summed E-state index contributed by atoms with van der Waals surface area (Å²) < 4.78 is 35.9. The average Bonchev–Trinajstić information content (AvgIpc) is 3.21. The molecule has 1 rings (SSSR count). The van der Waals surface area contributed by atoms with Gasteiger partial charge >= 0.3 is 7.82 Å². The Kier molecular flexibility index (Phi) is 19.1. The Morgan fingerprint density at radius 2 is 1.35 bits per heavy atom. The third kappa shape index (κ3) is 14.0. The molecule has 0 bridgehead atoms. The van der Waals surface area contributed by atoms with E-state index in [1.165, 1.54) is 97.0 Å². The summed E-state index contributed by atoms with van der Waals surface area (Å²) in [7, 11) is 0.0435. The van der Waals surface area contributed by atoms with E-state index in [9.17, 15) is 4.57 Å². The molecule has 4 atom stereocenters. The van der Waals surface area contributed by atoms with Crippen molar-refractivity contribution < 1.29 is 22.9 Å². The SMILES string of the molecule is B[C@H]1C[C@@H](C(CCCCCC)CCCCCC)C(COP(=O)(OC)OCCCCCCCC)O1. The first-order valence-electron chi connectivity index (χ1n) is 14.6. The zero-order chi connectivity index (χ0) is 25.1. The summed E-state index contributed by atoms with van der Waals surface area (Å²) in [6, 6.07) is 0.221. The Labute approximate surface area is 212 Å². The first-order valence-corrected chi connectivity index (χ1v) is 16.1. The van der Waals surface area contributed by atoms with Gasteiger partial charge in [0.15, 0.2) is 0 Å². The molecule has 0 amide bonds. The predicted octanol–water partition coefficient (Wildman–Crippen LogP) is 8.06. The summed E-state index contributed by atoms with van der Waals surface area (Å²) in [4.78, 5) is 0. The number of ether oxygens (including phenoxy) is 1. The summed E-state index contributed by atoms with van der Waals surface area (Å²) in [5, 5.41) is 0. The van der Waals surface area contributed by atoms with Gasteiger partial charge in [-0.1, -0.05) is 117 Å². The fourth-order valence-corrected chi connectivity index (χ4v) is 6.22. The van der Waals surface area contributed by atoms with Crippen molar-refractivity contribution in [1.29, 1.82) is 0 Å². The van der Waals surface area contributed by atoms with Gasteiger partial charge in [-0.15, -0.1) is 0 Å². The summed E-state index contributed by atoms with van der Waals surface area (Å²) in [5.74, 6) is 1.11. The minimum absolute atomic E-state index is 0.0292. The van der Waals surface area contributed by atoms with E-state index in [-0.39, 0.29) is 18.7 Å². The van der Waals surface area contributed by atoms with E-state index in [2.05, 4.69) is 28.6 Å². The molecule has 0 aromatic rings. The van der Waals surface area contributed by atoms with E-state index in [0.717, 1.165) is 19.3 Å². The van der Waals surface area contributed by atoms with Gasteiger partial charge < -0.3 is 4.74 Å². The molecule has 7 heteroatoms. The molecule has 0 aromatic heterocycles. The highest BCUT2D eigenvalue weighted by Gasteiger charge is 2.39. The number of phosphoric acid groups is 1. The van der Waals surface area contributed by atoms with Gasteiger partial charge in [-0.05, 0) is 24.7 Å². The van der Waals surface area contributed by atoms with Crippen LogP contribution in [0.1, 0.15) is 130 Å². The summed E-state index contributed by atoms with van der Waals surface area (Å²) >= 11 is 0. The third-order valence-corrected chi connectivity index (χ3v) is 8.73. The van der Waals surface area contributed by atoms with Crippen LogP contribution in [0.25, 0.3) is 0 Å². The Morgan fingerprint density at radius 1 is 0.824 bits per heavy atom. The van der Waals surface area contributed by atoms with E-state index >= 15 is 0 Å². The molecule has 0 spiro atoms. The van der Waals surface area contributed by atoms with E-state index < -0.39 is 7.82 Å². The fourth-order valence-electron chi connectivity index (χ4n) is 5.25. The van der Waals surface area contributed by atoms with E-state index in [0.29, 0.717) is 18.4 Å². The second-order valence-corrected chi connectivity index (χ2v) is 12.1. The molecule has 1 aliphatic rings. The molecule has 1 aliphatic heterocycles. The lowest BCUT2D eigenvalue weighted by Crippen LogP contribution is -2.28. The first kappa shape index (κ1) is 32.2. The van der Waals surface area contributed by atoms with Crippen molar-refractivity contribution in [2.75, 3.05) is 20.3 Å². The molecule has 1 saturated heterocycles. The molecule has 0 aromatic carbocycles. The third-order valence-electron chi connectivity index (χ3n) is 7.32. The molecule has 202 valence electrons. The Balaban J connectivity index is 2.58. The molecule has 2 unspecified atom stereocenters. The van der Waals surface area contributed by atoms with Crippen molar-refractivity contribution in [2.24, 2.45) is 11.8 Å². The van der Waals surface area contributed by atoms with Gasteiger partial charge in [0, 0.05) is 13.1 Å². The Bertz CT molecular complexity index is 509. The highest BCUT2D eigenvalue weighted by molar-refractivity contribution is 7.48. The molecule has 5 nitrogen and oxygen atoms in total. The van der Waals surface area contributed by atoms with E-state index in [1.54, 1.807) is 0 Å². The zero-order valence-electron chi connectivity index (χ0n) is 23.2. The zero-order valence-corrected chi connectivity index (χ0v) is 24.1. The van der Waals surface area contributed by atoms with Gasteiger partial charge in [-0.2, -0.15) is 0 Å². The monoisotopic (exact) mass is 502 g/mol. The van der Waals surface area contributed by atoms with Gasteiger partial charge in [0.25, 0.3) is 0 Å². The van der Waals surface area contributed by atoms with Crippen LogP contribution in [0.4, 0.5) is 0 Å². The minimum Gasteiger partial charge on any atom is -0.381 e. The number of unbranched alkanes of at least 4 members (excludes halogenated alkanes) is 11. The number of hydrogen-bond donors (Lipinski definition) is 0. The molecule has 0 saturated carbocycles. The van der Waals surface area contributed by atoms with Crippen molar-refractivity contribution in [3.63, 3.8) is 0 Å². The maximum atomic E-state index is 13.0. The van der Waals surface area contributed by atoms with Gasteiger partial charge in [0.1, 0.15) is 7.85 Å². The van der Waals surface area contributed by atoms with Gasteiger partial charge in [-0.3, -0.25) is 13.6 Å². The van der Waals surface area contributed by atoms with Crippen LogP contribution in [0.5, 0.6) is 0 Å². The van der Waals surface area contributed by atoms with Crippen LogP contribution in [0.3, 0.4) is 0 Å². The van der Waals surface area contributed by atoms with Crippen LogP contribution in [0.15, 0.2) is 0 Å². The average molecular weight is 503 g/mol. The molecule has 34 heavy (non-hydrogen) atoms. The smallest absolute Gasteiger partial charge is 0.381 e. The Morgan fingerprint density at radius 3 is 1.91 bits per heavy atom. The molecule has 0 N–H and O–H groups in total. The summed E-state index contributed by atoms with van der Waals surface area (Å²) in [5.41, 5.74) is 0. The van der Waals surface area contributed by atoms with Crippen molar-refractivity contribution >= 4 is 15.7 Å². The maximum absolute atomic E-state index is 13.0. The lowest BCUT2D eigenvalue weighted by atomic mass is 9.77. The van der Waals surface area contributed by atoms with Crippen molar-refractivity contribution in [3.8, 4) is 0 Å². The molecule has 1 heterocycles. The van der Waals surface area contributed by atoms with Crippen LogP contribution in [-0.4, -0.2) is 40.3 Å². The number of hydrogen-bond acceptors (Lipinski definition) is 5. The van der Waals surface area contributed by atoms with Crippen LogP contribution >= 0.6 is 7.82 Å². The quantitative estimate of drug-likeness (QED) is 0.0804. The highest BCUT2D eigenvalue weighted by atomic mass is 31.2. The van der Waals surface area contributed by atoms with Crippen molar-refractivity contribution in [2.45, 2.75) is 142 Å². The molecule has 0 radical (unpaired) electrons. The minimum atomic E-state index is -3.53. The molecule has 0 aliphatic carbocycles. The van der Waals surface area contributed by atoms with Gasteiger partial charge in [0.05, 0.1) is 19.3 Å².